The zero-order valence-electron chi connectivity index (χ0n) is 6.86. The average Bonchev–Trinajstić information content (AvgIpc) is 2.17. The Bertz CT molecular complexity index is 277. The van der Waals surface area contributed by atoms with Crippen LogP contribution in [0.25, 0.3) is 0 Å². The van der Waals surface area contributed by atoms with Crippen LogP contribution < -0.4 is 10.1 Å². The Morgan fingerprint density at radius 2 is 2.33 bits per heavy atom. The molecule has 1 unspecified atom stereocenters. The first-order chi connectivity index (χ1) is 5.90. The van der Waals surface area contributed by atoms with Crippen LogP contribution in [0.1, 0.15) is 0 Å². The topological polar surface area (TPSA) is 23.3 Å². The van der Waals surface area contributed by atoms with Crippen LogP contribution in [-0.2, 0) is 0 Å². The van der Waals surface area contributed by atoms with Gasteiger partial charge in [0.2, 0.25) is 0 Å². The summed E-state index contributed by atoms with van der Waals surface area (Å²) in [5, 5.41) is 4.45. The number of hydrogen-bond donors (Lipinski definition) is 0. The van der Waals surface area contributed by atoms with Crippen molar-refractivity contribution in [3.8, 4) is 5.75 Å². The zero-order valence-corrected chi connectivity index (χ0v) is 7.67. The minimum absolute atomic E-state index is 0.264. The number of fused-ring (bicyclic) bond motifs is 1. The van der Waals surface area contributed by atoms with Gasteiger partial charge in [-0.15, -0.1) is 0 Å². The third-order valence-corrected chi connectivity index (χ3v) is 2.99. The fourth-order valence-corrected chi connectivity index (χ4v) is 2.07. The van der Waals surface area contributed by atoms with Gasteiger partial charge in [0.1, 0.15) is 17.7 Å². The van der Waals surface area contributed by atoms with Crippen LogP contribution in [0.5, 0.6) is 5.75 Å². The lowest BCUT2D eigenvalue weighted by molar-refractivity contribution is 0.291. The molecule has 12 heavy (non-hydrogen) atoms. The summed E-state index contributed by atoms with van der Waals surface area (Å²) < 4.78 is 5.51. The molecule has 2 nitrogen and oxygen atoms in total. The lowest BCUT2D eigenvalue weighted by Crippen LogP contribution is -2.26. The molecule has 1 aliphatic heterocycles. The SMILES string of the molecule is C[N]C1COc2ccccc2S1. The van der Waals surface area contributed by atoms with Gasteiger partial charge < -0.3 is 4.74 Å². The van der Waals surface area contributed by atoms with Crippen molar-refractivity contribution in [2.45, 2.75) is 10.3 Å². The summed E-state index contributed by atoms with van der Waals surface area (Å²) in [6.07, 6.45) is 0. The maximum atomic E-state index is 5.51. The van der Waals surface area contributed by atoms with Gasteiger partial charge in [-0.3, -0.25) is 0 Å². The van der Waals surface area contributed by atoms with Crippen LogP contribution in [0.15, 0.2) is 29.2 Å². The predicted octanol–water partition coefficient (Wildman–Crippen LogP) is 1.73. The van der Waals surface area contributed by atoms with Gasteiger partial charge >= 0.3 is 0 Å². The molecular weight excluding hydrogens is 170 g/mol. The predicted molar refractivity (Wildman–Crippen MR) is 49.6 cm³/mol. The molecular formula is C9H10NOS. The third kappa shape index (κ3) is 1.42. The molecule has 1 aromatic rings. The normalized spacial score (nSPS) is 21.2. The lowest BCUT2D eigenvalue weighted by Gasteiger charge is -2.22. The fraction of sp³-hybridized carbons (Fsp3) is 0.333. The molecule has 0 aromatic heterocycles. The van der Waals surface area contributed by atoms with Crippen LogP contribution >= 0.6 is 11.8 Å². The number of hydrogen-bond acceptors (Lipinski definition) is 2. The first kappa shape index (κ1) is 7.95. The third-order valence-electron chi connectivity index (χ3n) is 1.78. The molecule has 1 atom stereocenters. The zero-order chi connectivity index (χ0) is 8.39. The smallest absolute Gasteiger partial charge is 0.133 e. The van der Waals surface area contributed by atoms with Crippen LogP contribution in [-0.4, -0.2) is 19.0 Å². The average molecular weight is 180 g/mol. The number of likely N-dealkylation sites (N-methyl/N-ethyl adjacent to an activating group) is 1. The largest absolute Gasteiger partial charge is 0.490 e. The first-order valence-corrected chi connectivity index (χ1v) is 4.75. The highest BCUT2D eigenvalue weighted by Crippen LogP contribution is 2.35. The Morgan fingerprint density at radius 3 is 3.17 bits per heavy atom. The van der Waals surface area contributed by atoms with Gasteiger partial charge in [-0.25, -0.2) is 5.32 Å². The second kappa shape index (κ2) is 3.37. The molecule has 0 aliphatic carbocycles. The van der Waals surface area contributed by atoms with E-state index in [1.165, 1.54) is 4.90 Å². The molecule has 0 bridgehead atoms. The van der Waals surface area contributed by atoms with Gasteiger partial charge in [-0.05, 0) is 12.1 Å². The Labute approximate surface area is 76.3 Å². The molecule has 1 aliphatic rings. The van der Waals surface area contributed by atoms with Crippen LogP contribution in [0.3, 0.4) is 0 Å². The quantitative estimate of drug-likeness (QED) is 0.657. The Morgan fingerprint density at radius 1 is 1.50 bits per heavy atom. The Balaban J connectivity index is 2.23. The highest BCUT2D eigenvalue weighted by molar-refractivity contribution is 8.00. The van der Waals surface area contributed by atoms with Crippen molar-refractivity contribution in [2.24, 2.45) is 0 Å². The molecule has 63 valence electrons. The number of rotatable bonds is 1. The van der Waals surface area contributed by atoms with E-state index in [-0.39, 0.29) is 5.37 Å². The number of benzene rings is 1. The van der Waals surface area contributed by atoms with E-state index in [4.69, 9.17) is 4.74 Å². The molecule has 0 saturated heterocycles. The van der Waals surface area contributed by atoms with Gasteiger partial charge in [0, 0.05) is 7.05 Å². The summed E-state index contributed by atoms with van der Waals surface area (Å²) >= 11 is 1.77. The lowest BCUT2D eigenvalue weighted by atomic mass is 10.3. The van der Waals surface area contributed by atoms with E-state index >= 15 is 0 Å². The van der Waals surface area contributed by atoms with E-state index in [2.05, 4.69) is 11.4 Å². The van der Waals surface area contributed by atoms with Crippen molar-refractivity contribution in [1.82, 2.24) is 5.32 Å². The van der Waals surface area contributed by atoms with Crippen molar-refractivity contribution >= 4 is 11.8 Å². The van der Waals surface area contributed by atoms with Gasteiger partial charge in [-0.1, -0.05) is 23.9 Å². The van der Waals surface area contributed by atoms with E-state index in [0.29, 0.717) is 6.61 Å². The highest BCUT2D eigenvalue weighted by atomic mass is 32.2. The summed E-state index contributed by atoms with van der Waals surface area (Å²) in [7, 11) is 1.83. The van der Waals surface area contributed by atoms with Crippen molar-refractivity contribution in [2.75, 3.05) is 13.7 Å². The van der Waals surface area contributed by atoms with Crippen molar-refractivity contribution < 1.29 is 4.74 Å². The number of thioether (sulfide) groups is 1. The van der Waals surface area contributed by atoms with Crippen molar-refractivity contribution in [3.63, 3.8) is 0 Å². The second-order valence-corrected chi connectivity index (χ2v) is 3.81. The van der Waals surface area contributed by atoms with E-state index in [1.807, 2.05) is 25.2 Å². The van der Waals surface area contributed by atoms with E-state index in [9.17, 15) is 0 Å². The van der Waals surface area contributed by atoms with Gasteiger partial charge in [0.15, 0.2) is 0 Å². The maximum Gasteiger partial charge on any atom is 0.133 e. The molecule has 0 spiro atoms. The number of ether oxygens (including phenoxy) is 1. The van der Waals surface area contributed by atoms with Gasteiger partial charge in [0.25, 0.3) is 0 Å². The molecule has 0 amide bonds. The molecule has 1 radical (unpaired) electrons. The monoisotopic (exact) mass is 180 g/mol. The molecule has 3 heteroatoms. The standard InChI is InChI=1S/C9H10NOS/c1-10-9-6-11-7-4-2-3-5-8(7)12-9/h2-5,9H,6H2,1H3. The highest BCUT2D eigenvalue weighted by Gasteiger charge is 2.18. The molecule has 1 aromatic carbocycles. The van der Waals surface area contributed by atoms with Crippen LogP contribution in [0.2, 0.25) is 0 Å². The molecule has 0 saturated carbocycles. The number of para-hydroxylation sites is 1. The minimum Gasteiger partial charge on any atom is -0.490 e. The first-order valence-electron chi connectivity index (χ1n) is 3.87. The summed E-state index contributed by atoms with van der Waals surface area (Å²) in [5.41, 5.74) is 0. The molecule has 0 N–H and O–H groups in total. The molecule has 1 heterocycles. The van der Waals surface area contributed by atoms with Gasteiger partial charge in [0.05, 0.1) is 4.90 Å². The van der Waals surface area contributed by atoms with Crippen LogP contribution in [0, 0.1) is 0 Å². The van der Waals surface area contributed by atoms with E-state index in [1.54, 1.807) is 11.8 Å². The van der Waals surface area contributed by atoms with Gasteiger partial charge in [-0.2, -0.15) is 0 Å². The minimum atomic E-state index is 0.264. The fourth-order valence-electron chi connectivity index (χ4n) is 1.14. The summed E-state index contributed by atoms with van der Waals surface area (Å²) in [5.74, 6) is 0.988. The molecule has 0 fully saturated rings. The van der Waals surface area contributed by atoms with Crippen molar-refractivity contribution in [3.05, 3.63) is 24.3 Å². The Kier molecular flexibility index (Phi) is 2.23. The second-order valence-electron chi connectivity index (χ2n) is 2.59. The van der Waals surface area contributed by atoms with E-state index < -0.39 is 0 Å². The maximum absolute atomic E-state index is 5.51. The number of nitrogens with zero attached hydrogens (tertiary/aromatic N) is 1. The van der Waals surface area contributed by atoms with Crippen molar-refractivity contribution in [1.29, 1.82) is 0 Å². The summed E-state index contributed by atoms with van der Waals surface area (Å²) in [4.78, 5) is 1.19. The Hall–Kier alpha value is -0.670. The molecule has 2 rings (SSSR count). The van der Waals surface area contributed by atoms with Crippen LogP contribution in [0.4, 0.5) is 0 Å². The summed E-state index contributed by atoms with van der Waals surface area (Å²) in [6, 6.07) is 8.07. The van der Waals surface area contributed by atoms with E-state index in [0.717, 1.165) is 5.75 Å². The summed E-state index contributed by atoms with van der Waals surface area (Å²) in [6.45, 7) is 0.693.